The van der Waals surface area contributed by atoms with Crippen molar-refractivity contribution in [3.8, 4) is 5.75 Å². The summed E-state index contributed by atoms with van der Waals surface area (Å²) in [4.78, 5) is 11.9. The number of anilines is 2. The smallest absolute Gasteiger partial charge is 0.387 e. The SMILES string of the molecule is CCCNc1nnc(SCC(=O)Nc2ccc(OC(F)F)cc2)s1. The Morgan fingerprint density at radius 1 is 1.33 bits per heavy atom. The lowest BCUT2D eigenvalue weighted by Crippen LogP contribution is -2.13. The summed E-state index contributed by atoms with van der Waals surface area (Å²) in [6.07, 6.45) is 0.992. The lowest BCUT2D eigenvalue weighted by molar-refractivity contribution is -0.113. The first-order valence-electron chi connectivity index (χ1n) is 7.11. The van der Waals surface area contributed by atoms with Crippen LogP contribution in [0.25, 0.3) is 0 Å². The number of nitrogens with zero attached hydrogens (tertiary/aromatic N) is 2. The van der Waals surface area contributed by atoms with Crippen molar-refractivity contribution >= 4 is 39.8 Å². The van der Waals surface area contributed by atoms with E-state index >= 15 is 0 Å². The van der Waals surface area contributed by atoms with Gasteiger partial charge < -0.3 is 15.4 Å². The second-order valence-corrected chi connectivity index (χ2v) is 6.74. The normalized spacial score (nSPS) is 10.7. The van der Waals surface area contributed by atoms with Gasteiger partial charge in [0.25, 0.3) is 0 Å². The molecule has 0 aliphatic carbocycles. The van der Waals surface area contributed by atoms with Crippen LogP contribution >= 0.6 is 23.1 Å². The highest BCUT2D eigenvalue weighted by molar-refractivity contribution is 8.01. The number of amides is 1. The molecule has 2 aromatic rings. The van der Waals surface area contributed by atoms with Crippen molar-refractivity contribution in [2.24, 2.45) is 0 Å². The number of nitrogens with one attached hydrogen (secondary N) is 2. The number of rotatable bonds is 9. The Morgan fingerprint density at radius 2 is 2.08 bits per heavy atom. The van der Waals surface area contributed by atoms with Gasteiger partial charge in [0.15, 0.2) is 4.34 Å². The minimum Gasteiger partial charge on any atom is -0.435 e. The van der Waals surface area contributed by atoms with Crippen LogP contribution in [0.1, 0.15) is 13.3 Å². The summed E-state index contributed by atoms with van der Waals surface area (Å²) in [5.41, 5.74) is 0.504. The average molecular weight is 374 g/mol. The molecule has 0 radical (unpaired) electrons. The summed E-state index contributed by atoms with van der Waals surface area (Å²) in [5.74, 6) is -0.00308. The molecule has 0 saturated heterocycles. The lowest BCUT2D eigenvalue weighted by atomic mass is 10.3. The van der Waals surface area contributed by atoms with E-state index in [0.717, 1.165) is 18.1 Å². The Bertz CT molecular complexity index is 652. The highest BCUT2D eigenvalue weighted by atomic mass is 32.2. The number of hydrogen-bond acceptors (Lipinski definition) is 7. The molecule has 130 valence electrons. The van der Waals surface area contributed by atoms with Crippen LogP contribution < -0.4 is 15.4 Å². The predicted molar refractivity (Wildman–Crippen MR) is 91.1 cm³/mol. The van der Waals surface area contributed by atoms with Gasteiger partial charge in [0, 0.05) is 12.2 Å². The Balaban J connectivity index is 1.77. The van der Waals surface area contributed by atoms with E-state index in [9.17, 15) is 13.6 Å². The second kappa shape index (κ2) is 9.38. The van der Waals surface area contributed by atoms with Crippen LogP contribution in [0.3, 0.4) is 0 Å². The fourth-order valence-electron chi connectivity index (χ4n) is 1.62. The highest BCUT2D eigenvalue weighted by Crippen LogP contribution is 2.25. The standard InChI is InChI=1S/C14H16F2N4O2S2/c1-2-7-17-13-19-20-14(24-13)23-8-11(21)18-9-3-5-10(6-4-9)22-12(15)16/h3-6,12H,2,7-8H2,1H3,(H,17,19)(H,18,21). The summed E-state index contributed by atoms with van der Waals surface area (Å²) in [6.45, 7) is 0.0103. The van der Waals surface area contributed by atoms with Gasteiger partial charge in [-0.15, -0.1) is 10.2 Å². The van der Waals surface area contributed by atoms with Crippen LogP contribution in [0, 0.1) is 0 Å². The van der Waals surface area contributed by atoms with E-state index in [0.29, 0.717) is 10.0 Å². The van der Waals surface area contributed by atoms with Crippen molar-refractivity contribution in [3.63, 3.8) is 0 Å². The van der Waals surface area contributed by atoms with Crippen LogP contribution in [-0.2, 0) is 4.79 Å². The molecule has 0 saturated carbocycles. The maximum atomic E-state index is 12.1. The topological polar surface area (TPSA) is 76.1 Å². The molecule has 0 unspecified atom stereocenters. The number of hydrogen-bond donors (Lipinski definition) is 2. The van der Waals surface area contributed by atoms with Crippen molar-refractivity contribution in [2.45, 2.75) is 24.3 Å². The van der Waals surface area contributed by atoms with Gasteiger partial charge in [0.1, 0.15) is 5.75 Å². The van der Waals surface area contributed by atoms with E-state index in [1.54, 1.807) is 0 Å². The zero-order valence-corrected chi connectivity index (χ0v) is 14.4. The predicted octanol–water partition coefficient (Wildman–Crippen LogP) is 3.69. The monoisotopic (exact) mass is 374 g/mol. The van der Waals surface area contributed by atoms with Gasteiger partial charge in [0.05, 0.1) is 5.75 Å². The van der Waals surface area contributed by atoms with Gasteiger partial charge in [-0.05, 0) is 30.7 Å². The number of alkyl halides is 2. The first-order chi connectivity index (χ1) is 11.6. The number of thioether (sulfide) groups is 1. The molecule has 10 heteroatoms. The maximum Gasteiger partial charge on any atom is 0.387 e. The molecule has 2 rings (SSSR count). The third-order valence-corrected chi connectivity index (χ3v) is 4.64. The van der Waals surface area contributed by atoms with Crippen LogP contribution in [-0.4, -0.2) is 35.0 Å². The van der Waals surface area contributed by atoms with E-state index in [1.165, 1.54) is 47.4 Å². The summed E-state index contributed by atoms with van der Waals surface area (Å²) < 4.78 is 29.0. The van der Waals surface area contributed by atoms with Crippen LogP contribution in [0.15, 0.2) is 28.6 Å². The molecular formula is C14H16F2N4O2S2. The molecule has 0 spiro atoms. The van der Waals surface area contributed by atoms with Gasteiger partial charge in [-0.1, -0.05) is 30.0 Å². The number of carbonyl (C=O) groups is 1. The number of ether oxygens (including phenoxy) is 1. The molecule has 0 fully saturated rings. The fourth-order valence-corrected chi connectivity index (χ4v) is 3.19. The fraction of sp³-hybridized carbons (Fsp3) is 0.357. The van der Waals surface area contributed by atoms with Gasteiger partial charge in [-0.3, -0.25) is 4.79 Å². The Morgan fingerprint density at radius 3 is 2.75 bits per heavy atom. The first-order valence-corrected chi connectivity index (χ1v) is 8.92. The molecule has 6 nitrogen and oxygen atoms in total. The lowest BCUT2D eigenvalue weighted by Gasteiger charge is -2.07. The van der Waals surface area contributed by atoms with E-state index in [-0.39, 0.29) is 17.4 Å². The van der Waals surface area contributed by atoms with Crippen molar-refractivity contribution in [1.29, 1.82) is 0 Å². The maximum absolute atomic E-state index is 12.1. The summed E-state index contributed by atoms with van der Waals surface area (Å²) in [5, 5.41) is 14.5. The van der Waals surface area contributed by atoms with Crippen LogP contribution in [0.5, 0.6) is 5.75 Å². The van der Waals surface area contributed by atoms with Crippen LogP contribution in [0.2, 0.25) is 0 Å². The van der Waals surface area contributed by atoms with E-state index < -0.39 is 6.61 Å². The Hall–Kier alpha value is -1.94. The quantitative estimate of drug-likeness (QED) is 0.652. The molecule has 2 N–H and O–H groups in total. The summed E-state index contributed by atoms with van der Waals surface area (Å²) in [6, 6.07) is 5.73. The van der Waals surface area contributed by atoms with Crippen molar-refractivity contribution in [1.82, 2.24) is 10.2 Å². The van der Waals surface area contributed by atoms with E-state index in [1.807, 2.05) is 0 Å². The van der Waals surface area contributed by atoms with Gasteiger partial charge in [-0.25, -0.2) is 0 Å². The molecule has 24 heavy (non-hydrogen) atoms. The minimum absolute atomic E-state index is 0.0401. The molecule has 1 heterocycles. The number of benzene rings is 1. The first kappa shape index (κ1) is 18.4. The minimum atomic E-state index is -2.87. The van der Waals surface area contributed by atoms with Gasteiger partial charge in [0.2, 0.25) is 11.0 Å². The van der Waals surface area contributed by atoms with E-state index in [2.05, 4.69) is 32.5 Å². The average Bonchev–Trinajstić information content (AvgIpc) is 3.00. The molecule has 0 aliphatic heterocycles. The summed E-state index contributed by atoms with van der Waals surface area (Å²) in [7, 11) is 0. The molecule has 1 aromatic carbocycles. The van der Waals surface area contributed by atoms with Gasteiger partial charge >= 0.3 is 6.61 Å². The van der Waals surface area contributed by atoms with E-state index in [4.69, 9.17) is 0 Å². The van der Waals surface area contributed by atoms with Gasteiger partial charge in [-0.2, -0.15) is 8.78 Å². The summed E-state index contributed by atoms with van der Waals surface area (Å²) >= 11 is 2.67. The third-order valence-electron chi connectivity index (χ3n) is 2.62. The molecule has 0 bridgehead atoms. The largest absolute Gasteiger partial charge is 0.435 e. The third kappa shape index (κ3) is 6.28. The molecule has 1 amide bonds. The Kier molecular flexibility index (Phi) is 7.19. The molecule has 1 aromatic heterocycles. The van der Waals surface area contributed by atoms with Crippen molar-refractivity contribution in [2.75, 3.05) is 22.9 Å². The number of aromatic nitrogens is 2. The van der Waals surface area contributed by atoms with Crippen LogP contribution in [0.4, 0.5) is 19.6 Å². The van der Waals surface area contributed by atoms with Crippen molar-refractivity contribution in [3.05, 3.63) is 24.3 Å². The molecular weight excluding hydrogens is 358 g/mol. The zero-order chi connectivity index (χ0) is 17.4. The number of halogens is 2. The number of carbonyl (C=O) groups excluding carboxylic acids is 1. The molecule has 0 aliphatic rings. The molecule has 0 atom stereocenters. The zero-order valence-electron chi connectivity index (χ0n) is 12.8. The Labute approximate surface area is 146 Å². The van der Waals surface area contributed by atoms with Crippen molar-refractivity contribution < 1.29 is 18.3 Å². The highest BCUT2D eigenvalue weighted by Gasteiger charge is 2.09. The second-order valence-electron chi connectivity index (χ2n) is 4.54.